The minimum Gasteiger partial charge on any atom is -0.444 e. The Kier molecular flexibility index (Phi) is 4.04. The summed E-state index contributed by atoms with van der Waals surface area (Å²) >= 11 is 0. The standard InChI is InChI=1S/C12H24N2O3/c1-9-12(13,8-15)6-5-7-14(9)10(16)17-11(2,3)4/h9,15H,5-8,13H2,1-4H3. The van der Waals surface area contributed by atoms with Gasteiger partial charge in [0.05, 0.1) is 18.2 Å². The molecule has 0 bridgehead atoms. The second-order valence-corrected chi connectivity index (χ2v) is 5.84. The number of hydrogen-bond acceptors (Lipinski definition) is 4. The largest absolute Gasteiger partial charge is 0.444 e. The van der Waals surface area contributed by atoms with Gasteiger partial charge in [-0.05, 0) is 40.5 Å². The summed E-state index contributed by atoms with van der Waals surface area (Å²) < 4.78 is 5.34. The number of hydrogen-bond donors (Lipinski definition) is 2. The molecule has 2 atom stereocenters. The average Bonchev–Trinajstić information content (AvgIpc) is 2.19. The second-order valence-electron chi connectivity index (χ2n) is 5.84. The lowest BCUT2D eigenvalue weighted by Gasteiger charge is -2.45. The molecule has 100 valence electrons. The summed E-state index contributed by atoms with van der Waals surface area (Å²) in [6.45, 7) is 7.88. The van der Waals surface area contributed by atoms with Crippen LogP contribution >= 0.6 is 0 Å². The first kappa shape index (κ1) is 14.3. The van der Waals surface area contributed by atoms with Crippen LogP contribution in [0.15, 0.2) is 0 Å². The van der Waals surface area contributed by atoms with Gasteiger partial charge in [0.25, 0.3) is 0 Å². The zero-order valence-electron chi connectivity index (χ0n) is 11.2. The SMILES string of the molecule is CC1N(C(=O)OC(C)(C)C)CCCC1(N)CO. The van der Waals surface area contributed by atoms with Crippen molar-refractivity contribution in [2.75, 3.05) is 13.2 Å². The van der Waals surface area contributed by atoms with E-state index in [1.54, 1.807) is 4.90 Å². The molecular formula is C12H24N2O3. The predicted molar refractivity (Wildman–Crippen MR) is 65.6 cm³/mol. The van der Waals surface area contributed by atoms with Crippen molar-refractivity contribution < 1.29 is 14.6 Å². The smallest absolute Gasteiger partial charge is 0.410 e. The van der Waals surface area contributed by atoms with Crippen LogP contribution in [0.3, 0.4) is 0 Å². The van der Waals surface area contributed by atoms with Gasteiger partial charge in [-0.3, -0.25) is 0 Å². The molecule has 0 aromatic heterocycles. The highest BCUT2D eigenvalue weighted by Gasteiger charge is 2.41. The summed E-state index contributed by atoms with van der Waals surface area (Å²) in [6, 6.07) is -0.212. The lowest BCUT2D eigenvalue weighted by Crippen LogP contribution is -2.64. The summed E-state index contributed by atoms with van der Waals surface area (Å²) in [5.74, 6) is 0. The molecule has 1 saturated heterocycles. The van der Waals surface area contributed by atoms with Crippen LogP contribution in [0.1, 0.15) is 40.5 Å². The molecule has 1 heterocycles. The van der Waals surface area contributed by atoms with Gasteiger partial charge in [-0.25, -0.2) is 4.79 Å². The molecule has 0 aromatic rings. The molecule has 3 N–H and O–H groups in total. The third-order valence-electron chi connectivity index (χ3n) is 3.26. The summed E-state index contributed by atoms with van der Waals surface area (Å²) in [5.41, 5.74) is 4.87. The number of carbonyl (C=O) groups is 1. The van der Waals surface area contributed by atoms with Crippen LogP contribution in [0.4, 0.5) is 4.79 Å². The van der Waals surface area contributed by atoms with Gasteiger partial charge in [-0.15, -0.1) is 0 Å². The molecular weight excluding hydrogens is 220 g/mol. The van der Waals surface area contributed by atoms with E-state index in [0.717, 1.165) is 12.8 Å². The van der Waals surface area contributed by atoms with E-state index in [-0.39, 0.29) is 18.7 Å². The van der Waals surface area contributed by atoms with Crippen molar-refractivity contribution in [1.82, 2.24) is 4.90 Å². The van der Waals surface area contributed by atoms with Crippen molar-refractivity contribution in [3.05, 3.63) is 0 Å². The molecule has 0 aromatic carbocycles. The number of nitrogens with two attached hydrogens (primary N) is 1. The fourth-order valence-corrected chi connectivity index (χ4v) is 2.07. The number of nitrogens with zero attached hydrogens (tertiary/aromatic N) is 1. The predicted octanol–water partition coefficient (Wildman–Crippen LogP) is 1.10. The maximum atomic E-state index is 12.0. The van der Waals surface area contributed by atoms with Gasteiger partial charge in [-0.2, -0.15) is 0 Å². The molecule has 0 saturated carbocycles. The molecule has 0 aliphatic carbocycles. The Balaban J connectivity index is 2.74. The van der Waals surface area contributed by atoms with Gasteiger partial charge in [0.2, 0.25) is 0 Å². The molecule has 1 fully saturated rings. The van der Waals surface area contributed by atoms with Crippen molar-refractivity contribution in [2.45, 2.75) is 57.7 Å². The van der Waals surface area contributed by atoms with Crippen LogP contribution in [-0.4, -0.2) is 46.4 Å². The van der Waals surface area contributed by atoms with Gasteiger partial charge in [-0.1, -0.05) is 0 Å². The first-order valence-corrected chi connectivity index (χ1v) is 6.09. The van der Waals surface area contributed by atoms with Gasteiger partial charge in [0, 0.05) is 6.54 Å². The Bertz CT molecular complexity index is 288. The quantitative estimate of drug-likeness (QED) is 0.724. The first-order chi connectivity index (χ1) is 7.69. The Morgan fingerprint density at radius 2 is 2.18 bits per heavy atom. The molecule has 1 aliphatic rings. The second kappa shape index (κ2) is 4.82. The Morgan fingerprint density at radius 1 is 1.59 bits per heavy atom. The maximum Gasteiger partial charge on any atom is 0.410 e. The third kappa shape index (κ3) is 3.33. The monoisotopic (exact) mass is 244 g/mol. The van der Waals surface area contributed by atoms with Gasteiger partial charge < -0.3 is 20.5 Å². The number of aliphatic hydroxyl groups is 1. The number of rotatable bonds is 1. The van der Waals surface area contributed by atoms with E-state index in [2.05, 4.69) is 0 Å². The highest BCUT2D eigenvalue weighted by atomic mass is 16.6. The van der Waals surface area contributed by atoms with E-state index in [9.17, 15) is 9.90 Å². The fraction of sp³-hybridized carbons (Fsp3) is 0.917. The molecule has 5 heteroatoms. The molecule has 1 aliphatic heterocycles. The van der Waals surface area contributed by atoms with Gasteiger partial charge >= 0.3 is 6.09 Å². The first-order valence-electron chi connectivity index (χ1n) is 6.09. The molecule has 1 rings (SSSR count). The minimum absolute atomic E-state index is 0.118. The lowest BCUT2D eigenvalue weighted by molar-refractivity contribution is -0.00983. The number of aliphatic hydroxyl groups excluding tert-OH is 1. The normalized spacial score (nSPS) is 30.2. The summed E-state index contributed by atoms with van der Waals surface area (Å²) in [6.07, 6.45) is 1.16. The summed E-state index contributed by atoms with van der Waals surface area (Å²) in [4.78, 5) is 13.6. The van der Waals surface area contributed by atoms with Gasteiger partial charge in [0.1, 0.15) is 5.60 Å². The van der Waals surface area contributed by atoms with Crippen LogP contribution in [0, 0.1) is 0 Å². The van der Waals surface area contributed by atoms with E-state index in [0.29, 0.717) is 6.54 Å². The fourth-order valence-electron chi connectivity index (χ4n) is 2.07. The Morgan fingerprint density at radius 3 is 2.65 bits per heavy atom. The van der Waals surface area contributed by atoms with Gasteiger partial charge in [0.15, 0.2) is 0 Å². The third-order valence-corrected chi connectivity index (χ3v) is 3.26. The van der Waals surface area contributed by atoms with Crippen molar-refractivity contribution in [1.29, 1.82) is 0 Å². The number of carbonyl (C=O) groups excluding carboxylic acids is 1. The van der Waals surface area contributed by atoms with E-state index >= 15 is 0 Å². The number of ether oxygens (including phenoxy) is 1. The number of amides is 1. The van der Waals surface area contributed by atoms with Crippen molar-refractivity contribution in [2.24, 2.45) is 5.73 Å². The van der Waals surface area contributed by atoms with Crippen molar-refractivity contribution in [3.8, 4) is 0 Å². The highest BCUT2D eigenvalue weighted by molar-refractivity contribution is 5.69. The van der Waals surface area contributed by atoms with Crippen molar-refractivity contribution in [3.63, 3.8) is 0 Å². The van der Waals surface area contributed by atoms with Crippen LogP contribution in [0.2, 0.25) is 0 Å². The lowest BCUT2D eigenvalue weighted by atomic mass is 9.84. The summed E-state index contributed by atoms with van der Waals surface area (Å²) in [5, 5.41) is 9.35. The molecule has 0 spiro atoms. The topological polar surface area (TPSA) is 75.8 Å². The summed E-state index contributed by atoms with van der Waals surface area (Å²) in [7, 11) is 0. The van der Waals surface area contributed by atoms with Crippen LogP contribution in [0.25, 0.3) is 0 Å². The van der Waals surface area contributed by atoms with E-state index in [1.165, 1.54) is 0 Å². The van der Waals surface area contributed by atoms with Crippen LogP contribution in [-0.2, 0) is 4.74 Å². The molecule has 0 radical (unpaired) electrons. The van der Waals surface area contributed by atoms with Crippen molar-refractivity contribution >= 4 is 6.09 Å². The van der Waals surface area contributed by atoms with Crippen LogP contribution < -0.4 is 5.73 Å². The zero-order valence-corrected chi connectivity index (χ0v) is 11.2. The average molecular weight is 244 g/mol. The molecule has 5 nitrogen and oxygen atoms in total. The number of piperidine rings is 1. The van der Waals surface area contributed by atoms with Crippen LogP contribution in [0.5, 0.6) is 0 Å². The maximum absolute atomic E-state index is 12.0. The van der Waals surface area contributed by atoms with E-state index in [4.69, 9.17) is 10.5 Å². The molecule has 17 heavy (non-hydrogen) atoms. The number of likely N-dealkylation sites (tertiary alicyclic amines) is 1. The molecule has 1 amide bonds. The van der Waals surface area contributed by atoms with E-state index in [1.807, 2.05) is 27.7 Å². The molecule has 2 unspecified atom stereocenters. The Labute approximate surface area is 103 Å². The zero-order chi connectivity index (χ0) is 13.3. The minimum atomic E-state index is -0.713. The highest BCUT2D eigenvalue weighted by Crippen LogP contribution is 2.26. The van der Waals surface area contributed by atoms with E-state index < -0.39 is 11.1 Å². The Hall–Kier alpha value is -0.810.